The lowest BCUT2D eigenvalue weighted by molar-refractivity contribution is -0.123. The summed E-state index contributed by atoms with van der Waals surface area (Å²) in [4.78, 5) is 20.9. The molecule has 10 nitrogen and oxygen atoms in total. The van der Waals surface area contributed by atoms with Crippen LogP contribution in [0.3, 0.4) is 0 Å². The minimum atomic E-state index is -4.47. The van der Waals surface area contributed by atoms with E-state index >= 15 is 0 Å². The van der Waals surface area contributed by atoms with E-state index in [1.165, 1.54) is 12.1 Å². The molecule has 0 bridgehead atoms. The second-order valence-electron chi connectivity index (χ2n) is 10.4. The number of alkyl halides is 3. The summed E-state index contributed by atoms with van der Waals surface area (Å²) < 4.78 is 46.1. The monoisotopic (exact) mass is 572 g/mol. The van der Waals surface area contributed by atoms with Crippen molar-refractivity contribution in [2.24, 2.45) is 7.05 Å². The standard InChI is InChI=1S/C26H31F3N8O2Si/c1-36-25(34-23(35-36)18-5-7-19(8-6-18)24(38)31-16-26(27,28)29)33-21-9-10-22(30-14-21)20-13-32-37(15-20)17-39-11-12-40(2,3)4/h5-10,13-15H,11-12,16-17H2,1-4H3,(H,31,38)(H,33,34,35). The number of ether oxygens (including phenoxy) is 1. The lowest BCUT2D eigenvalue weighted by Gasteiger charge is -2.15. The third-order valence-electron chi connectivity index (χ3n) is 5.79. The van der Waals surface area contributed by atoms with Crippen LogP contribution in [-0.2, 0) is 18.5 Å². The molecule has 3 heterocycles. The van der Waals surface area contributed by atoms with Gasteiger partial charge in [0.15, 0.2) is 5.82 Å². The van der Waals surface area contributed by atoms with E-state index in [0.717, 1.165) is 23.9 Å². The van der Waals surface area contributed by atoms with E-state index in [2.05, 4.69) is 45.1 Å². The fourth-order valence-corrected chi connectivity index (χ4v) is 4.30. The Morgan fingerprint density at radius 1 is 1.05 bits per heavy atom. The van der Waals surface area contributed by atoms with Crippen LogP contribution in [-0.4, -0.2) is 62.8 Å². The molecule has 212 valence electrons. The van der Waals surface area contributed by atoms with E-state index < -0.39 is 26.7 Å². The topological polar surface area (TPSA) is 112 Å². The Hall–Kier alpha value is -4.04. The zero-order valence-electron chi connectivity index (χ0n) is 22.7. The number of nitrogens with one attached hydrogen (secondary N) is 2. The van der Waals surface area contributed by atoms with Crippen LogP contribution in [0.4, 0.5) is 24.8 Å². The van der Waals surface area contributed by atoms with Gasteiger partial charge in [-0.3, -0.25) is 9.78 Å². The van der Waals surface area contributed by atoms with Gasteiger partial charge in [0.2, 0.25) is 5.95 Å². The lowest BCUT2D eigenvalue weighted by atomic mass is 10.1. The summed E-state index contributed by atoms with van der Waals surface area (Å²) in [5, 5.41) is 13.8. The van der Waals surface area contributed by atoms with E-state index in [4.69, 9.17) is 4.74 Å². The molecular weight excluding hydrogens is 541 g/mol. The molecule has 3 aromatic heterocycles. The first kappa shape index (κ1) is 29.0. The molecule has 4 aromatic rings. The third kappa shape index (κ3) is 8.23. The number of amides is 1. The van der Waals surface area contributed by atoms with Gasteiger partial charge in [0, 0.05) is 44.6 Å². The predicted molar refractivity (Wildman–Crippen MR) is 148 cm³/mol. The number of benzene rings is 1. The summed E-state index contributed by atoms with van der Waals surface area (Å²) in [5.41, 5.74) is 3.04. The number of pyridine rings is 1. The summed E-state index contributed by atoms with van der Waals surface area (Å²) >= 11 is 0. The Balaban J connectivity index is 1.35. The maximum absolute atomic E-state index is 12.3. The zero-order chi connectivity index (χ0) is 28.9. The summed E-state index contributed by atoms with van der Waals surface area (Å²) in [6, 6.07) is 10.8. The second-order valence-corrected chi connectivity index (χ2v) is 16.1. The molecule has 4 rings (SSSR count). The van der Waals surface area contributed by atoms with Crippen molar-refractivity contribution in [1.82, 2.24) is 34.8 Å². The van der Waals surface area contributed by atoms with Crippen LogP contribution >= 0.6 is 0 Å². The summed E-state index contributed by atoms with van der Waals surface area (Å²) in [5.74, 6) is 0.0328. The first-order valence-corrected chi connectivity index (χ1v) is 16.3. The normalized spacial score (nSPS) is 12.0. The van der Waals surface area contributed by atoms with Crippen LogP contribution in [0.25, 0.3) is 22.6 Å². The van der Waals surface area contributed by atoms with Gasteiger partial charge in [-0.2, -0.15) is 23.3 Å². The average Bonchev–Trinajstić information content (AvgIpc) is 3.51. The fourth-order valence-electron chi connectivity index (χ4n) is 3.54. The number of rotatable bonds is 11. The highest BCUT2D eigenvalue weighted by Gasteiger charge is 2.28. The second kappa shape index (κ2) is 12.0. The highest BCUT2D eigenvalue weighted by Crippen LogP contribution is 2.23. The number of anilines is 2. The average molecular weight is 573 g/mol. The minimum absolute atomic E-state index is 0.105. The Morgan fingerprint density at radius 3 is 2.45 bits per heavy atom. The van der Waals surface area contributed by atoms with E-state index in [-0.39, 0.29) is 5.56 Å². The molecule has 1 amide bonds. The van der Waals surface area contributed by atoms with Gasteiger partial charge in [0.05, 0.1) is 23.8 Å². The zero-order valence-corrected chi connectivity index (χ0v) is 23.7. The van der Waals surface area contributed by atoms with Crippen molar-refractivity contribution in [1.29, 1.82) is 0 Å². The van der Waals surface area contributed by atoms with Crippen molar-refractivity contribution in [2.75, 3.05) is 18.5 Å². The van der Waals surface area contributed by atoms with Crippen molar-refractivity contribution in [3.8, 4) is 22.6 Å². The molecule has 0 aliphatic heterocycles. The van der Waals surface area contributed by atoms with Gasteiger partial charge in [-0.1, -0.05) is 31.8 Å². The van der Waals surface area contributed by atoms with Crippen molar-refractivity contribution in [3.05, 3.63) is 60.6 Å². The number of hydrogen-bond acceptors (Lipinski definition) is 7. The predicted octanol–water partition coefficient (Wildman–Crippen LogP) is 5.09. The number of carbonyl (C=O) groups is 1. The highest BCUT2D eigenvalue weighted by molar-refractivity contribution is 6.76. The number of aryl methyl sites for hydroxylation is 1. The molecule has 0 saturated heterocycles. The van der Waals surface area contributed by atoms with Gasteiger partial charge in [0.1, 0.15) is 13.3 Å². The quantitative estimate of drug-likeness (QED) is 0.190. The molecule has 0 aliphatic rings. The van der Waals surface area contributed by atoms with E-state index in [1.54, 1.807) is 40.9 Å². The number of aromatic nitrogens is 6. The molecule has 0 unspecified atom stereocenters. The number of carbonyl (C=O) groups excluding carboxylic acids is 1. The van der Waals surface area contributed by atoms with E-state index in [0.29, 0.717) is 29.8 Å². The van der Waals surface area contributed by atoms with Gasteiger partial charge >= 0.3 is 6.18 Å². The molecular formula is C26H31F3N8O2Si. The maximum Gasteiger partial charge on any atom is 0.405 e. The van der Waals surface area contributed by atoms with Gasteiger partial charge in [-0.15, -0.1) is 5.10 Å². The molecule has 40 heavy (non-hydrogen) atoms. The van der Waals surface area contributed by atoms with Crippen LogP contribution in [0.1, 0.15) is 10.4 Å². The van der Waals surface area contributed by atoms with Crippen LogP contribution in [0, 0.1) is 0 Å². The van der Waals surface area contributed by atoms with Gasteiger partial charge in [0.25, 0.3) is 5.91 Å². The van der Waals surface area contributed by atoms with Gasteiger partial charge in [-0.25, -0.2) is 9.36 Å². The molecule has 0 saturated carbocycles. The van der Waals surface area contributed by atoms with Crippen molar-refractivity contribution < 1.29 is 22.7 Å². The smallest absolute Gasteiger partial charge is 0.360 e. The Morgan fingerprint density at radius 2 is 1.80 bits per heavy atom. The Kier molecular flexibility index (Phi) is 8.69. The molecule has 1 aromatic carbocycles. The SMILES string of the molecule is Cn1nc(-c2ccc(C(=O)NCC(F)(F)F)cc2)nc1Nc1ccc(-c2cnn(COCC[Si](C)(C)C)c2)nc1. The molecule has 0 fully saturated rings. The molecule has 0 aliphatic carbocycles. The highest BCUT2D eigenvalue weighted by atomic mass is 28.3. The van der Waals surface area contributed by atoms with Crippen molar-refractivity contribution in [3.63, 3.8) is 0 Å². The van der Waals surface area contributed by atoms with Crippen LogP contribution < -0.4 is 10.6 Å². The molecule has 14 heteroatoms. The van der Waals surface area contributed by atoms with Crippen LogP contribution in [0.5, 0.6) is 0 Å². The van der Waals surface area contributed by atoms with Gasteiger partial charge in [-0.05, 0) is 30.3 Å². The molecule has 0 atom stereocenters. The first-order chi connectivity index (χ1) is 18.9. The van der Waals surface area contributed by atoms with Crippen LogP contribution in [0.2, 0.25) is 25.7 Å². The van der Waals surface area contributed by atoms with Crippen molar-refractivity contribution >= 4 is 25.6 Å². The van der Waals surface area contributed by atoms with E-state index in [1.807, 2.05) is 23.6 Å². The Bertz CT molecular complexity index is 1430. The largest absolute Gasteiger partial charge is 0.405 e. The summed E-state index contributed by atoms with van der Waals surface area (Å²) in [6.07, 6.45) is 0.847. The van der Waals surface area contributed by atoms with Gasteiger partial charge < -0.3 is 15.4 Å². The fraction of sp³-hybridized carbons (Fsp3) is 0.346. The maximum atomic E-state index is 12.3. The lowest BCUT2D eigenvalue weighted by Crippen LogP contribution is -2.33. The Labute approximate surface area is 230 Å². The van der Waals surface area contributed by atoms with Crippen LogP contribution in [0.15, 0.2) is 55.0 Å². The molecule has 0 radical (unpaired) electrons. The minimum Gasteiger partial charge on any atom is -0.360 e. The summed E-state index contributed by atoms with van der Waals surface area (Å²) in [6.45, 7) is 6.67. The number of halogens is 3. The van der Waals surface area contributed by atoms with Crippen molar-refractivity contribution in [2.45, 2.75) is 38.6 Å². The first-order valence-electron chi connectivity index (χ1n) is 12.6. The molecule has 0 spiro atoms. The third-order valence-corrected chi connectivity index (χ3v) is 7.49. The number of hydrogen-bond donors (Lipinski definition) is 2. The molecule has 2 N–H and O–H groups in total. The summed E-state index contributed by atoms with van der Waals surface area (Å²) in [7, 11) is 0.590. The van der Waals surface area contributed by atoms with E-state index in [9.17, 15) is 18.0 Å². The number of nitrogens with zero attached hydrogens (tertiary/aromatic N) is 6.